The molecular formula is C22H30N4O2. The predicted octanol–water partition coefficient (Wildman–Crippen LogP) is 2.31. The van der Waals surface area contributed by atoms with E-state index in [9.17, 15) is 9.59 Å². The lowest BCUT2D eigenvalue weighted by atomic mass is 10.1. The van der Waals surface area contributed by atoms with Crippen LogP contribution in [0.1, 0.15) is 20.8 Å². The van der Waals surface area contributed by atoms with Crippen LogP contribution < -0.4 is 10.6 Å². The number of piperazine rings is 1. The summed E-state index contributed by atoms with van der Waals surface area (Å²) in [4.78, 5) is 28.9. The van der Waals surface area contributed by atoms with Crippen molar-refractivity contribution in [3.05, 3.63) is 42.5 Å². The molecule has 0 bridgehead atoms. The average molecular weight is 383 g/mol. The number of hydrogen-bond acceptors (Lipinski definition) is 4. The number of rotatable bonds is 5. The van der Waals surface area contributed by atoms with Crippen LogP contribution in [-0.2, 0) is 9.59 Å². The second kappa shape index (κ2) is 8.71. The molecule has 0 aromatic heterocycles. The topological polar surface area (TPSA) is 64.7 Å². The minimum absolute atomic E-state index is 0.00437. The molecule has 0 saturated carbocycles. The van der Waals surface area contributed by atoms with E-state index >= 15 is 0 Å². The van der Waals surface area contributed by atoms with E-state index in [1.165, 1.54) is 0 Å². The molecule has 1 aliphatic rings. The highest BCUT2D eigenvalue weighted by Gasteiger charge is 2.22. The molecule has 150 valence electrons. The molecule has 0 radical (unpaired) electrons. The third-order valence-corrected chi connectivity index (χ3v) is 4.78. The number of amides is 2. The van der Waals surface area contributed by atoms with E-state index < -0.39 is 0 Å². The third kappa shape index (κ3) is 5.78. The van der Waals surface area contributed by atoms with Crippen LogP contribution in [0, 0.1) is 0 Å². The molecule has 3 rings (SSSR count). The van der Waals surface area contributed by atoms with Gasteiger partial charge in [0.1, 0.15) is 0 Å². The van der Waals surface area contributed by atoms with Crippen molar-refractivity contribution in [1.82, 2.24) is 15.1 Å². The van der Waals surface area contributed by atoms with Crippen LogP contribution in [0.3, 0.4) is 0 Å². The maximum atomic E-state index is 12.5. The summed E-state index contributed by atoms with van der Waals surface area (Å²) in [5.74, 6) is 0.0462. The van der Waals surface area contributed by atoms with E-state index in [0.29, 0.717) is 13.1 Å². The molecule has 2 amide bonds. The molecule has 0 aliphatic carbocycles. The van der Waals surface area contributed by atoms with Gasteiger partial charge in [-0.15, -0.1) is 0 Å². The Morgan fingerprint density at radius 3 is 2.07 bits per heavy atom. The van der Waals surface area contributed by atoms with Crippen LogP contribution in [0.4, 0.5) is 5.69 Å². The number of nitrogens with one attached hydrogen (secondary N) is 2. The lowest BCUT2D eigenvalue weighted by molar-refractivity contribution is -0.124. The van der Waals surface area contributed by atoms with Gasteiger partial charge in [0.15, 0.2) is 0 Å². The highest BCUT2D eigenvalue weighted by atomic mass is 16.2. The van der Waals surface area contributed by atoms with Crippen molar-refractivity contribution in [2.75, 3.05) is 44.6 Å². The fourth-order valence-electron chi connectivity index (χ4n) is 3.49. The molecule has 6 nitrogen and oxygen atoms in total. The first-order valence-electron chi connectivity index (χ1n) is 9.83. The van der Waals surface area contributed by atoms with Gasteiger partial charge in [0.2, 0.25) is 11.8 Å². The normalized spacial score (nSPS) is 16.1. The molecule has 1 fully saturated rings. The number of anilines is 1. The van der Waals surface area contributed by atoms with Crippen LogP contribution in [0.2, 0.25) is 0 Å². The Morgan fingerprint density at radius 2 is 1.43 bits per heavy atom. The van der Waals surface area contributed by atoms with Crippen molar-refractivity contribution in [2.45, 2.75) is 26.3 Å². The minimum Gasteiger partial charge on any atom is -0.350 e. The smallest absolute Gasteiger partial charge is 0.238 e. The van der Waals surface area contributed by atoms with Gasteiger partial charge < -0.3 is 10.6 Å². The lowest BCUT2D eigenvalue weighted by Crippen LogP contribution is -2.52. The van der Waals surface area contributed by atoms with E-state index in [0.717, 1.165) is 42.6 Å². The summed E-state index contributed by atoms with van der Waals surface area (Å²) in [5, 5.41) is 8.20. The maximum absolute atomic E-state index is 12.5. The van der Waals surface area contributed by atoms with Crippen molar-refractivity contribution in [1.29, 1.82) is 0 Å². The molecule has 0 unspecified atom stereocenters. The van der Waals surface area contributed by atoms with E-state index in [2.05, 4.69) is 20.4 Å². The SMILES string of the molecule is CC(C)(C)NC(=O)CN1CCN(CC(=O)Nc2cccc3ccccc23)CC1. The number of nitrogens with zero attached hydrogens (tertiary/aromatic N) is 2. The Morgan fingerprint density at radius 1 is 0.857 bits per heavy atom. The Kier molecular flexibility index (Phi) is 6.31. The molecule has 2 aromatic carbocycles. The van der Waals surface area contributed by atoms with Crippen LogP contribution >= 0.6 is 0 Å². The Balaban J connectivity index is 1.47. The van der Waals surface area contributed by atoms with Gasteiger partial charge in [0, 0.05) is 42.8 Å². The van der Waals surface area contributed by atoms with Gasteiger partial charge in [-0.05, 0) is 32.2 Å². The van der Waals surface area contributed by atoms with Crippen molar-refractivity contribution in [2.24, 2.45) is 0 Å². The van der Waals surface area contributed by atoms with E-state index in [1.807, 2.05) is 63.2 Å². The summed E-state index contributed by atoms with van der Waals surface area (Å²) in [6, 6.07) is 14.0. The van der Waals surface area contributed by atoms with Crippen molar-refractivity contribution >= 4 is 28.3 Å². The zero-order valence-electron chi connectivity index (χ0n) is 17.0. The zero-order chi connectivity index (χ0) is 20.1. The molecule has 28 heavy (non-hydrogen) atoms. The standard InChI is InChI=1S/C22H30N4O2/c1-22(2,3)24-21(28)16-26-13-11-25(12-14-26)15-20(27)23-19-10-6-8-17-7-4-5-9-18(17)19/h4-10H,11-16H2,1-3H3,(H,23,27)(H,24,28). The lowest BCUT2D eigenvalue weighted by Gasteiger charge is -2.34. The largest absolute Gasteiger partial charge is 0.350 e. The quantitative estimate of drug-likeness (QED) is 0.833. The number of carbonyl (C=O) groups excluding carboxylic acids is 2. The third-order valence-electron chi connectivity index (χ3n) is 4.78. The molecule has 2 N–H and O–H groups in total. The highest BCUT2D eigenvalue weighted by Crippen LogP contribution is 2.22. The first-order valence-corrected chi connectivity index (χ1v) is 9.83. The molecule has 0 spiro atoms. The fraction of sp³-hybridized carbons (Fsp3) is 0.455. The Bertz CT molecular complexity index is 831. The molecule has 1 saturated heterocycles. The fourth-order valence-corrected chi connectivity index (χ4v) is 3.49. The van der Waals surface area contributed by atoms with Crippen LogP contribution in [0.5, 0.6) is 0 Å². The van der Waals surface area contributed by atoms with Gasteiger partial charge in [0.25, 0.3) is 0 Å². The predicted molar refractivity (Wildman–Crippen MR) is 113 cm³/mol. The van der Waals surface area contributed by atoms with Gasteiger partial charge >= 0.3 is 0 Å². The van der Waals surface area contributed by atoms with E-state index in [4.69, 9.17) is 0 Å². The first-order chi connectivity index (χ1) is 13.3. The highest BCUT2D eigenvalue weighted by molar-refractivity contribution is 6.02. The van der Waals surface area contributed by atoms with Crippen LogP contribution in [0.15, 0.2) is 42.5 Å². The maximum Gasteiger partial charge on any atom is 0.238 e. The van der Waals surface area contributed by atoms with Gasteiger partial charge in [-0.2, -0.15) is 0 Å². The first kappa shape index (κ1) is 20.3. The van der Waals surface area contributed by atoms with Crippen LogP contribution in [-0.4, -0.2) is 66.4 Å². The second-order valence-electron chi connectivity index (χ2n) is 8.43. The monoisotopic (exact) mass is 382 g/mol. The number of hydrogen-bond donors (Lipinski definition) is 2. The van der Waals surface area contributed by atoms with E-state index in [-0.39, 0.29) is 17.4 Å². The molecular weight excluding hydrogens is 352 g/mol. The summed E-state index contributed by atoms with van der Waals surface area (Å²) in [6.07, 6.45) is 0. The van der Waals surface area contributed by atoms with Crippen molar-refractivity contribution in [3.63, 3.8) is 0 Å². The minimum atomic E-state index is -0.210. The Labute approximate surface area is 166 Å². The molecule has 1 heterocycles. The van der Waals surface area contributed by atoms with E-state index in [1.54, 1.807) is 0 Å². The summed E-state index contributed by atoms with van der Waals surface area (Å²) >= 11 is 0. The van der Waals surface area contributed by atoms with Gasteiger partial charge in [-0.3, -0.25) is 19.4 Å². The molecule has 6 heteroatoms. The van der Waals surface area contributed by atoms with Gasteiger partial charge in [0.05, 0.1) is 13.1 Å². The van der Waals surface area contributed by atoms with Gasteiger partial charge in [-0.1, -0.05) is 36.4 Å². The Hall–Kier alpha value is -2.44. The van der Waals surface area contributed by atoms with Crippen molar-refractivity contribution in [3.8, 4) is 0 Å². The number of carbonyl (C=O) groups is 2. The van der Waals surface area contributed by atoms with Crippen LogP contribution in [0.25, 0.3) is 10.8 Å². The molecule has 2 aromatic rings. The molecule has 1 aliphatic heterocycles. The second-order valence-corrected chi connectivity index (χ2v) is 8.43. The number of fused-ring (bicyclic) bond motifs is 1. The summed E-state index contributed by atoms with van der Waals surface area (Å²) in [5.41, 5.74) is 0.638. The average Bonchev–Trinajstić information content (AvgIpc) is 2.62. The summed E-state index contributed by atoms with van der Waals surface area (Å²) in [7, 11) is 0. The van der Waals surface area contributed by atoms with Crippen molar-refractivity contribution < 1.29 is 9.59 Å². The summed E-state index contributed by atoms with van der Waals surface area (Å²) in [6.45, 7) is 9.88. The summed E-state index contributed by atoms with van der Waals surface area (Å²) < 4.78 is 0. The van der Waals surface area contributed by atoms with Gasteiger partial charge in [-0.25, -0.2) is 0 Å². The number of benzene rings is 2. The zero-order valence-corrected chi connectivity index (χ0v) is 17.0. The molecule has 0 atom stereocenters.